The van der Waals surface area contributed by atoms with E-state index in [2.05, 4.69) is 5.32 Å². The Kier molecular flexibility index (Phi) is 5.42. The second-order valence-corrected chi connectivity index (χ2v) is 3.81. The summed E-state index contributed by atoms with van der Waals surface area (Å²) in [4.78, 5) is 0. The first-order valence-electron chi connectivity index (χ1n) is 5.49. The molecule has 0 radical (unpaired) electrons. The van der Waals surface area contributed by atoms with E-state index in [1.54, 1.807) is 7.05 Å². The Bertz CT molecular complexity index is 318. The zero-order chi connectivity index (χ0) is 12.0. The lowest BCUT2D eigenvalue weighted by Gasteiger charge is -2.20. The summed E-state index contributed by atoms with van der Waals surface area (Å²) < 4.78 is 0. The fourth-order valence-electron chi connectivity index (χ4n) is 1.73. The summed E-state index contributed by atoms with van der Waals surface area (Å²) in [6, 6.07) is 7.52. The number of hydrogen-bond donors (Lipinski definition) is 4. The maximum Gasteiger partial charge on any atom is 0.106 e. The summed E-state index contributed by atoms with van der Waals surface area (Å²) in [5, 5.41) is 22.6. The third-order valence-electron chi connectivity index (χ3n) is 2.57. The van der Waals surface area contributed by atoms with E-state index < -0.39 is 12.2 Å². The molecule has 0 saturated heterocycles. The number of likely N-dealkylation sites (N-methyl/N-ethyl adjacent to an activating group) is 1. The molecule has 0 saturated carbocycles. The van der Waals surface area contributed by atoms with E-state index in [0.717, 1.165) is 11.1 Å². The van der Waals surface area contributed by atoms with Crippen molar-refractivity contribution in [1.82, 2.24) is 5.32 Å². The molecule has 0 aliphatic carbocycles. The van der Waals surface area contributed by atoms with Crippen LogP contribution in [0.1, 0.15) is 17.2 Å². The van der Waals surface area contributed by atoms with Gasteiger partial charge >= 0.3 is 0 Å². The molecule has 16 heavy (non-hydrogen) atoms. The number of aliphatic hydroxyl groups excluding tert-OH is 2. The van der Waals surface area contributed by atoms with E-state index in [1.165, 1.54) is 0 Å². The third kappa shape index (κ3) is 3.28. The van der Waals surface area contributed by atoms with Crippen molar-refractivity contribution in [3.05, 3.63) is 35.4 Å². The lowest BCUT2D eigenvalue weighted by Crippen LogP contribution is -2.30. The predicted molar refractivity (Wildman–Crippen MR) is 64.1 cm³/mol. The first-order chi connectivity index (χ1) is 7.70. The summed E-state index contributed by atoms with van der Waals surface area (Å²) in [6.07, 6.45) is -0.960. The lowest BCUT2D eigenvalue weighted by molar-refractivity contribution is 0.0197. The first kappa shape index (κ1) is 13.1. The highest BCUT2D eigenvalue weighted by Crippen LogP contribution is 2.21. The molecule has 1 aromatic rings. The second kappa shape index (κ2) is 6.60. The summed E-state index contributed by atoms with van der Waals surface area (Å²) in [6.45, 7) is 0.893. The van der Waals surface area contributed by atoms with Crippen LogP contribution in [0.4, 0.5) is 0 Å². The van der Waals surface area contributed by atoms with Gasteiger partial charge in [0, 0.05) is 6.54 Å². The zero-order valence-electron chi connectivity index (χ0n) is 9.56. The van der Waals surface area contributed by atoms with E-state index in [0.29, 0.717) is 19.5 Å². The molecule has 4 heteroatoms. The number of nitrogens with one attached hydrogen (secondary N) is 1. The van der Waals surface area contributed by atoms with Crippen LogP contribution in [0, 0.1) is 0 Å². The van der Waals surface area contributed by atoms with Crippen molar-refractivity contribution in [3.63, 3.8) is 0 Å². The Hall–Kier alpha value is -0.940. The lowest BCUT2D eigenvalue weighted by atomic mass is 9.96. The van der Waals surface area contributed by atoms with Crippen LogP contribution in [0.25, 0.3) is 0 Å². The predicted octanol–water partition coefficient (Wildman–Crippen LogP) is -0.199. The third-order valence-corrected chi connectivity index (χ3v) is 2.57. The molecule has 90 valence electrons. The Morgan fingerprint density at radius 1 is 1.31 bits per heavy atom. The van der Waals surface area contributed by atoms with Gasteiger partial charge in [-0.3, -0.25) is 0 Å². The molecule has 0 heterocycles. The molecular formula is C12H20N2O2. The van der Waals surface area contributed by atoms with Gasteiger partial charge in [-0.05, 0) is 31.1 Å². The van der Waals surface area contributed by atoms with Crippen LogP contribution >= 0.6 is 0 Å². The smallest absolute Gasteiger partial charge is 0.106 e. The largest absolute Gasteiger partial charge is 0.389 e. The molecule has 0 fully saturated rings. The average Bonchev–Trinajstić information content (AvgIpc) is 2.29. The molecule has 4 nitrogen and oxygen atoms in total. The molecule has 0 spiro atoms. The van der Waals surface area contributed by atoms with Crippen LogP contribution in [0.15, 0.2) is 24.3 Å². The van der Waals surface area contributed by atoms with Crippen LogP contribution in [0.3, 0.4) is 0 Å². The highest BCUT2D eigenvalue weighted by molar-refractivity contribution is 5.30. The van der Waals surface area contributed by atoms with Crippen molar-refractivity contribution in [2.45, 2.75) is 18.6 Å². The molecule has 2 atom stereocenters. The fourth-order valence-corrected chi connectivity index (χ4v) is 1.73. The van der Waals surface area contributed by atoms with E-state index >= 15 is 0 Å². The monoisotopic (exact) mass is 224 g/mol. The summed E-state index contributed by atoms with van der Waals surface area (Å²) in [7, 11) is 1.74. The van der Waals surface area contributed by atoms with Gasteiger partial charge in [0.15, 0.2) is 0 Å². The molecule has 1 aromatic carbocycles. The van der Waals surface area contributed by atoms with Crippen molar-refractivity contribution in [3.8, 4) is 0 Å². The molecule has 0 amide bonds. The first-order valence-corrected chi connectivity index (χ1v) is 5.49. The highest BCUT2D eigenvalue weighted by Gasteiger charge is 2.19. The quantitative estimate of drug-likeness (QED) is 0.540. The van der Waals surface area contributed by atoms with E-state index in [4.69, 9.17) is 5.73 Å². The van der Waals surface area contributed by atoms with Gasteiger partial charge < -0.3 is 21.3 Å². The van der Waals surface area contributed by atoms with Crippen LogP contribution in [-0.4, -0.2) is 36.5 Å². The van der Waals surface area contributed by atoms with Crippen molar-refractivity contribution < 1.29 is 10.2 Å². The fraction of sp³-hybridized carbons (Fsp3) is 0.500. The number of nitrogens with two attached hydrogens (primary N) is 1. The van der Waals surface area contributed by atoms with E-state index in [-0.39, 0.29) is 0 Å². The summed E-state index contributed by atoms with van der Waals surface area (Å²) in [5.41, 5.74) is 7.26. The van der Waals surface area contributed by atoms with Gasteiger partial charge in [0.25, 0.3) is 0 Å². The Labute approximate surface area is 96.1 Å². The summed E-state index contributed by atoms with van der Waals surface area (Å²) in [5.74, 6) is 0. The van der Waals surface area contributed by atoms with Gasteiger partial charge in [-0.25, -0.2) is 0 Å². The van der Waals surface area contributed by atoms with Gasteiger partial charge in [0.1, 0.15) is 6.10 Å². The maximum absolute atomic E-state index is 10.00. The number of aliphatic hydroxyl groups is 2. The molecule has 0 aliphatic rings. The minimum Gasteiger partial charge on any atom is -0.389 e. The molecule has 0 aliphatic heterocycles. The van der Waals surface area contributed by atoms with E-state index in [9.17, 15) is 10.2 Å². The van der Waals surface area contributed by atoms with Gasteiger partial charge in [0.2, 0.25) is 0 Å². The Morgan fingerprint density at radius 3 is 2.62 bits per heavy atom. The molecular weight excluding hydrogens is 204 g/mol. The summed E-state index contributed by atoms with van der Waals surface area (Å²) >= 11 is 0. The average molecular weight is 224 g/mol. The minimum atomic E-state index is -0.866. The Morgan fingerprint density at radius 2 is 2.00 bits per heavy atom. The number of hydrogen-bond acceptors (Lipinski definition) is 4. The van der Waals surface area contributed by atoms with Gasteiger partial charge in [-0.2, -0.15) is 0 Å². The molecule has 5 N–H and O–H groups in total. The standard InChI is InChI=1S/C12H20N2O2/c1-14-8-11(15)12(16)10-5-3-2-4-9(10)6-7-13/h2-5,11-12,14-16H,6-8,13H2,1H3. The van der Waals surface area contributed by atoms with Gasteiger partial charge in [-0.15, -0.1) is 0 Å². The number of benzene rings is 1. The van der Waals surface area contributed by atoms with Crippen LogP contribution in [0.5, 0.6) is 0 Å². The molecule has 0 aromatic heterocycles. The number of rotatable bonds is 6. The zero-order valence-corrected chi connectivity index (χ0v) is 9.56. The van der Waals surface area contributed by atoms with Crippen LogP contribution in [-0.2, 0) is 6.42 Å². The van der Waals surface area contributed by atoms with E-state index in [1.807, 2.05) is 24.3 Å². The SMILES string of the molecule is CNCC(O)C(O)c1ccccc1CCN. The normalized spacial score (nSPS) is 14.8. The van der Waals surface area contributed by atoms with Crippen LogP contribution in [0.2, 0.25) is 0 Å². The Balaban J connectivity index is 2.84. The van der Waals surface area contributed by atoms with Crippen molar-refractivity contribution in [1.29, 1.82) is 0 Å². The van der Waals surface area contributed by atoms with Gasteiger partial charge in [0.05, 0.1) is 6.10 Å². The van der Waals surface area contributed by atoms with Gasteiger partial charge in [-0.1, -0.05) is 24.3 Å². The van der Waals surface area contributed by atoms with Crippen molar-refractivity contribution >= 4 is 0 Å². The van der Waals surface area contributed by atoms with Crippen LogP contribution < -0.4 is 11.1 Å². The molecule has 2 unspecified atom stereocenters. The minimum absolute atomic E-state index is 0.359. The molecule has 1 rings (SSSR count). The molecule has 0 bridgehead atoms. The second-order valence-electron chi connectivity index (χ2n) is 3.81. The topological polar surface area (TPSA) is 78.5 Å². The van der Waals surface area contributed by atoms with Crippen molar-refractivity contribution in [2.24, 2.45) is 5.73 Å². The van der Waals surface area contributed by atoms with Crippen molar-refractivity contribution in [2.75, 3.05) is 20.1 Å². The highest BCUT2D eigenvalue weighted by atomic mass is 16.3. The maximum atomic E-state index is 10.00.